The molecule has 32 heavy (non-hydrogen) atoms. The highest BCUT2D eigenvalue weighted by molar-refractivity contribution is 7.89. The molecule has 0 radical (unpaired) electrons. The smallest absolute Gasteiger partial charge is 0.378 e. The topological polar surface area (TPSA) is 67.2 Å². The number of nitrogens with zero attached hydrogens (tertiary/aromatic N) is 3. The summed E-state index contributed by atoms with van der Waals surface area (Å²) in [7, 11) is -2.30. The zero-order valence-electron chi connectivity index (χ0n) is 16.9. The van der Waals surface area contributed by atoms with Crippen LogP contribution in [0.15, 0.2) is 66.1 Å². The van der Waals surface area contributed by atoms with Gasteiger partial charge in [0.1, 0.15) is 0 Å². The summed E-state index contributed by atoms with van der Waals surface area (Å²) in [4.78, 5) is 3.92. The molecule has 2 heterocycles. The number of sulfonamides is 1. The number of rotatable bonds is 5. The van der Waals surface area contributed by atoms with Gasteiger partial charge in [-0.05, 0) is 17.7 Å². The van der Waals surface area contributed by atoms with Gasteiger partial charge in [0.25, 0.3) is 10.0 Å². The van der Waals surface area contributed by atoms with Gasteiger partial charge < -0.3 is 9.88 Å². The van der Waals surface area contributed by atoms with Gasteiger partial charge in [0.05, 0.1) is 17.6 Å². The molecule has 0 amide bonds. The second kappa shape index (κ2) is 8.21. The highest BCUT2D eigenvalue weighted by Gasteiger charge is 2.42. The van der Waals surface area contributed by atoms with Crippen molar-refractivity contribution in [2.45, 2.75) is 23.2 Å². The molecule has 11 heteroatoms. The van der Waals surface area contributed by atoms with E-state index < -0.39 is 39.5 Å². The molecule has 1 aliphatic rings. The summed E-state index contributed by atoms with van der Waals surface area (Å²) in [5.74, 6) is -1.83. The molecule has 3 aromatic rings. The van der Waals surface area contributed by atoms with Crippen LogP contribution >= 0.6 is 0 Å². The second-order valence-electron chi connectivity index (χ2n) is 7.63. The summed E-state index contributed by atoms with van der Waals surface area (Å²) in [5.41, 5.74) is -0.923. The second-order valence-corrected chi connectivity index (χ2v) is 9.52. The molecule has 1 aliphatic heterocycles. The predicted molar refractivity (Wildman–Crippen MR) is 110 cm³/mol. The van der Waals surface area contributed by atoms with E-state index in [1.54, 1.807) is 37.4 Å². The Labute approximate surface area is 182 Å². The van der Waals surface area contributed by atoms with Crippen LogP contribution in [-0.2, 0) is 23.2 Å². The Morgan fingerprint density at radius 3 is 2.41 bits per heavy atom. The summed E-state index contributed by atoms with van der Waals surface area (Å²) in [5, 5.41) is 2.70. The fourth-order valence-electron chi connectivity index (χ4n) is 3.86. The van der Waals surface area contributed by atoms with Crippen LogP contribution in [0.1, 0.15) is 17.0 Å². The number of imidazole rings is 1. The van der Waals surface area contributed by atoms with E-state index in [-0.39, 0.29) is 23.8 Å². The van der Waals surface area contributed by atoms with Gasteiger partial charge in [-0.3, -0.25) is 0 Å². The highest BCUT2D eigenvalue weighted by atomic mass is 32.2. The molecule has 0 unspecified atom stereocenters. The summed E-state index contributed by atoms with van der Waals surface area (Å²) >= 11 is 0. The lowest BCUT2D eigenvalue weighted by molar-refractivity contribution is -0.139. The first-order chi connectivity index (χ1) is 15.1. The number of hydrogen-bond donors (Lipinski definition) is 1. The molecule has 0 spiro atoms. The van der Waals surface area contributed by atoms with Crippen molar-refractivity contribution < 1.29 is 26.0 Å². The van der Waals surface area contributed by atoms with Gasteiger partial charge in [-0.2, -0.15) is 17.5 Å². The van der Waals surface area contributed by atoms with Crippen LogP contribution in [0.4, 0.5) is 23.2 Å². The van der Waals surface area contributed by atoms with E-state index in [2.05, 4.69) is 10.3 Å². The lowest BCUT2D eigenvalue weighted by atomic mass is 9.94. The Morgan fingerprint density at radius 1 is 1.06 bits per heavy atom. The minimum absolute atomic E-state index is 0.0614. The quantitative estimate of drug-likeness (QED) is 0.578. The van der Waals surface area contributed by atoms with Crippen LogP contribution in [0.5, 0.6) is 0 Å². The van der Waals surface area contributed by atoms with Crippen LogP contribution in [0.2, 0.25) is 0 Å². The average Bonchev–Trinajstić information content (AvgIpc) is 3.37. The van der Waals surface area contributed by atoms with Crippen molar-refractivity contribution in [2.24, 2.45) is 7.05 Å². The van der Waals surface area contributed by atoms with Gasteiger partial charge >= 0.3 is 6.18 Å². The first kappa shape index (κ1) is 22.3. The number of halogens is 4. The number of aromatic nitrogens is 2. The van der Waals surface area contributed by atoms with Crippen LogP contribution in [0, 0.1) is 5.82 Å². The number of nitrogens with one attached hydrogen (secondary N) is 1. The summed E-state index contributed by atoms with van der Waals surface area (Å²) in [6.07, 6.45) is -2.10. The fourth-order valence-corrected chi connectivity index (χ4v) is 5.32. The Morgan fingerprint density at radius 2 is 1.78 bits per heavy atom. The SMILES string of the molecule is Cn1cnc(S(=O)(=O)N2C[C@@H](Nc3cccc(C(F)(F)F)c3F)[C@H](c3ccccc3)C2)c1. The standard InChI is InChI=1S/C21H20F4N4O2S/c1-28-12-19(26-13-28)32(30,31)29-10-15(14-6-3-2-4-7-14)18(11-29)27-17-9-5-8-16(20(17)22)21(23,24)25/h2-9,12-13,15,18,27H,10-11H2,1H3/t15-,18+/m0/s1. The maximum Gasteiger partial charge on any atom is 0.419 e. The fraction of sp³-hybridized carbons (Fsp3) is 0.286. The van der Waals surface area contributed by atoms with Crippen molar-refractivity contribution in [1.29, 1.82) is 0 Å². The summed E-state index contributed by atoms with van der Waals surface area (Å²) in [6.45, 7) is 0.00925. The monoisotopic (exact) mass is 468 g/mol. The number of benzene rings is 2. The molecule has 2 aromatic carbocycles. The van der Waals surface area contributed by atoms with Crippen LogP contribution < -0.4 is 5.32 Å². The summed E-state index contributed by atoms with van der Waals surface area (Å²) < 4.78 is 82.9. The average molecular weight is 468 g/mol. The zero-order chi connectivity index (χ0) is 23.1. The van der Waals surface area contributed by atoms with Crippen LogP contribution in [-0.4, -0.2) is 41.4 Å². The Bertz CT molecular complexity index is 1210. The molecule has 1 N–H and O–H groups in total. The lowest BCUT2D eigenvalue weighted by Gasteiger charge is -2.22. The molecule has 1 fully saturated rings. The normalized spacial score (nSPS) is 19.9. The Kier molecular flexibility index (Phi) is 5.72. The van der Waals surface area contributed by atoms with Crippen molar-refractivity contribution in [1.82, 2.24) is 13.9 Å². The molecule has 6 nitrogen and oxygen atoms in total. The van der Waals surface area contributed by atoms with E-state index in [4.69, 9.17) is 0 Å². The molecule has 4 rings (SSSR count). The van der Waals surface area contributed by atoms with Gasteiger partial charge in [-0.25, -0.2) is 17.8 Å². The molecule has 170 valence electrons. The number of hydrogen-bond acceptors (Lipinski definition) is 4. The largest absolute Gasteiger partial charge is 0.419 e. The molecule has 0 aliphatic carbocycles. The van der Waals surface area contributed by atoms with Gasteiger partial charge in [0.2, 0.25) is 0 Å². The minimum Gasteiger partial charge on any atom is -0.378 e. The third-order valence-electron chi connectivity index (χ3n) is 5.44. The molecule has 1 aromatic heterocycles. The van der Waals surface area contributed by atoms with Gasteiger partial charge in [0, 0.05) is 38.3 Å². The first-order valence-corrected chi connectivity index (χ1v) is 11.2. The Balaban J connectivity index is 1.68. The third kappa shape index (κ3) is 4.22. The lowest BCUT2D eigenvalue weighted by Crippen LogP contribution is -2.32. The zero-order valence-corrected chi connectivity index (χ0v) is 17.7. The number of aryl methyl sites for hydroxylation is 1. The van der Waals surface area contributed by atoms with Crippen molar-refractivity contribution >= 4 is 15.7 Å². The molecule has 0 bridgehead atoms. The van der Waals surface area contributed by atoms with Crippen LogP contribution in [0.25, 0.3) is 0 Å². The van der Waals surface area contributed by atoms with Crippen molar-refractivity contribution in [2.75, 3.05) is 18.4 Å². The molecular weight excluding hydrogens is 448 g/mol. The third-order valence-corrected chi connectivity index (χ3v) is 7.16. The van der Waals surface area contributed by atoms with E-state index >= 15 is 0 Å². The minimum atomic E-state index is -4.84. The van der Waals surface area contributed by atoms with E-state index in [1.807, 2.05) is 0 Å². The first-order valence-electron chi connectivity index (χ1n) is 9.72. The van der Waals surface area contributed by atoms with Gasteiger partial charge in [-0.1, -0.05) is 36.4 Å². The molecular formula is C21H20F4N4O2S. The van der Waals surface area contributed by atoms with Crippen molar-refractivity contribution in [3.8, 4) is 0 Å². The maximum absolute atomic E-state index is 14.6. The number of anilines is 1. The van der Waals surface area contributed by atoms with E-state index in [9.17, 15) is 26.0 Å². The predicted octanol–water partition coefficient (Wildman–Crippen LogP) is 3.85. The Hall–Kier alpha value is -2.92. The maximum atomic E-state index is 14.6. The van der Waals surface area contributed by atoms with Crippen molar-refractivity contribution in [3.05, 3.63) is 78.0 Å². The van der Waals surface area contributed by atoms with Crippen molar-refractivity contribution in [3.63, 3.8) is 0 Å². The molecule has 2 atom stereocenters. The van der Waals surface area contributed by atoms with Gasteiger partial charge in [0.15, 0.2) is 10.8 Å². The summed E-state index contributed by atoms with van der Waals surface area (Å²) in [6, 6.07) is 11.3. The van der Waals surface area contributed by atoms with Gasteiger partial charge in [-0.15, -0.1) is 0 Å². The van der Waals surface area contributed by atoms with E-state index in [0.717, 1.165) is 11.6 Å². The number of alkyl halides is 3. The highest BCUT2D eigenvalue weighted by Crippen LogP contribution is 2.37. The van der Waals surface area contributed by atoms with Crippen LogP contribution in [0.3, 0.4) is 0 Å². The van der Waals surface area contributed by atoms with E-state index in [1.165, 1.54) is 27.5 Å². The molecule has 1 saturated heterocycles. The molecule has 0 saturated carbocycles. The van der Waals surface area contributed by atoms with E-state index in [0.29, 0.717) is 6.07 Å².